The first kappa shape index (κ1) is 14.4. The summed E-state index contributed by atoms with van der Waals surface area (Å²) in [5.41, 5.74) is 3.63. The Labute approximate surface area is 121 Å². The van der Waals surface area contributed by atoms with Crippen molar-refractivity contribution in [2.24, 2.45) is 0 Å². The molecular formula is C17H23N3. The van der Waals surface area contributed by atoms with Crippen LogP contribution in [-0.2, 0) is 6.54 Å². The molecule has 0 unspecified atom stereocenters. The molecule has 106 valence electrons. The van der Waals surface area contributed by atoms with Gasteiger partial charge in [-0.1, -0.05) is 29.8 Å². The fourth-order valence-electron chi connectivity index (χ4n) is 2.14. The van der Waals surface area contributed by atoms with Crippen LogP contribution in [0.5, 0.6) is 0 Å². The zero-order valence-corrected chi connectivity index (χ0v) is 12.6. The summed E-state index contributed by atoms with van der Waals surface area (Å²) in [6.45, 7) is 9.20. The topological polar surface area (TPSA) is 28.2 Å². The van der Waals surface area contributed by atoms with E-state index in [-0.39, 0.29) is 0 Å². The highest BCUT2D eigenvalue weighted by atomic mass is 15.2. The molecule has 0 bridgehead atoms. The van der Waals surface area contributed by atoms with Crippen molar-refractivity contribution in [3.8, 4) is 0 Å². The van der Waals surface area contributed by atoms with Crippen molar-refractivity contribution in [3.63, 3.8) is 0 Å². The van der Waals surface area contributed by atoms with Gasteiger partial charge in [0, 0.05) is 19.6 Å². The van der Waals surface area contributed by atoms with Crippen LogP contribution in [0.15, 0.2) is 42.6 Å². The highest BCUT2D eigenvalue weighted by Gasteiger charge is 2.02. The average molecular weight is 269 g/mol. The van der Waals surface area contributed by atoms with Crippen LogP contribution in [0, 0.1) is 6.92 Å². The predicted molar refractivity (Wildman–Crippen MR) is 86.3 cm³/mol. The predicted octanol–water partition coefficient (Wildman–Crippen LogP) is 3.85. The summed E-state index contributed by atoms with van der Waals surface area (Å²) in [5.74, 6) is 1.04. The van der Waals surface area contributed by atoms with Crippen LogP contribution in [0.4, 0.5) is 11.5 Å². The molecule has 1 aromatic carbocycles. The monoisotopic (exact) mass is 269 g/mol. The molecule has 0 saturated heterocycles. The number of aromatic nitrogens is 1. The number of benzene rings is 1. The van der Waals surface area contributed by atoms with Crippen LogP contribution in [0.3, 0.4) is 0 Å². The molecule has 0 aliphatic heterocycles. The zero-order valence-electron chi connectivity index (χ0n) is 12.6. The van der Waals surface area contributed by atoms with E-state index in [4.69, 9.17) is 0 Å². The van der Waals surface area contributed by atoms with E-state index in [1.165, 1.54) is 11.1 Å². The van der Waals surface area contributed by atoms with Crippen LogP contribution >= 0.6 is 0 Å². The fourth-order valence-corrected chi connectivity index (χ4v) is 2.14. The number of pyridine rings is 1. The molecule has 0 saturated carbocycles. The summed E-state index contributed by atoms with van der Waals surface area (Å²) in [7, 11) is 0. The van der Waals surface area contributed by atoms with Crippen LogP contribution in [0.2, 0.25) is 0 Å². The maximum Gasteiger partial charge on any atom is 0.128 e. The molecule has 1 N–H and O–H groups in total. The molecule has 0 spiro atoms. The van der Waals surface area contributed by atoms with Crippen molar-refractivity contribution in [2.75, 3.05) is 23.3 Å². The Bertz CT molecular complexity index is 513. The van der Waals surface area contributed by atoms with Crippen molar-refractivity contribution >= 4 is 11.5 Å². The van der Waals surface area contributed by atoms with Gasteiger partial charge in [-0.25, -0.2) is 4.98 Å². The van der Waals surface area contributed by atoms with Crippen LogP contribution in [0.25, 0.3) is 0 Å². The first-order valence-electron chi connectivity index (χ1n) is 7.23. The summed E-state index contributed by atoms with van der Waals surface area (Å²) in [6, 6.07) is 12.7. The van der Waals surface area contributed by atoms with Crippen LogP contribution in [0.1, 0.15) is 25.0 Å². The molecule has 0 radical (unpaired) electrons. The summed E-state index contributed by atoms with van der Waals surface area (Å²) in [6.07, 6.45) is 1.90. The SMILES string of the molecule is CCN(CC)c1ccc(NCc2ccc(C)cc2)cn1. The Kier molecular flexibility index (Phi) is 4.99. The largest absolute Gasteiger partial charge is 0.380 e. The number of nitrogens with one attached hydrogen (secondary N) is 1. The first-order valence-corrected chi connectivity index (χ1v) is 7.23. The van der Waals surface area contributed by atoms with E-state index in [0.717, 1.165) is 31.1 Å². The minimum atomic E-state index is 0.826. The maximum atomic E-state index is 4.51. The van der Waals surface area contributed by atoms with E-state index in [1.54, 1.807) is 0 Å². The number of hydrogen-bond acceptors (Lipinski definition) is 3. The van der Waals surface area contributed by atoms with E-state index in [1.807, 2.05) is 6.20 Å². The Morgan fingerprint density at radius 2 is 1.70 bits per heavy atom. The second kappa shape index (κ2) is 6.94. The molecule has 0 aliphatic rings. The van der Waals surface area contributed by atoms with Crippen LogP contribution < -0.4 is 10.2 Å². The third-order valence-corrected chi connectivity index (χ3v) is 3.45. The van der Waals surface area contributed by atoms with E-state index >= 15 is 0 Å². The Morgan fingerprint density at radius 1 is 1.00 bits per heavy atom. The lowest BCUT2D eigenvalue weighted by Crippen LogP contribution is -2.22. The van der Waals surface area contributed by atoms with Gasteiger partial charge in [-0.3, -0.25) is 0 Å². The standard InChI is InChI=1S/C17H23N3/c1-4-20(5-2)17-11-10-16(13-19-17)18-12-15-8-6-14(3)7-9-15/h6-11,13,18H,4-5,12H2,1-3H3. The van der Waals surface area contributed by atoms with E-state index < -0.39 is 0 Å². The number of hydrogen-bond donors (Lipinski definition) is 1. The molecule has 0 atom stereocenters. The van der Waals surface area contributed by atoms with E-state index in [9.17, 15) is 0 Å². The lowest BCUT2D eigenvalue weighted by Gasteiger charge is -2.19. The molecule has 0 fully saturated rings. The molecule has 3 nitrogen and oxygen atoms in total. The van der Waals surface area contributed by atoms with E-state index in [2.05, 4.69) is 72.4 Å². The number of rotatable bonds is 6. The normalized spacial score (nSPS) is 10.3. The molecule has 0 aliphatic carbocycles. The van der Waals surface area contributed by atoms with Crippen LogP contribution in [-0.4, -0.2) is 18.1 Å². The van der Waals surface area contributed by atoms with Gasteiger partial charge in [-0.15, -0.1) is 0 Å². The summed E-state index contributed by atoms with van der Waals surface area (Å²) < 4.78 is 0. The van der Waals surface area contributed by atoms with Gasteiger partial charge in [0.2, 0.25) is 0 Å². The average Bonchev–Trinajstić information content (AvgIpc) is 2.49. The lowest BCUT2D eigenvalue weighted by molar-refractivity contribution is 0.846. The van der Waals surface area contributed by atoms with Gasteiger partial charge in [0.15, 0.2) is 0 Å². The van der Waals surface area contributed by atoms with E-state index in [0.29, 0.717) is 0 Å². The Hall–Kier alpha value is -2.03. The van der Waals surface area contributed by atoms with Gasteiger partial charge >= 0.3 is 0 Å². The van der Waals surface area contributed by atoms with Crippen molar-refractivity contribution in [1.82, 2.24) is 4.98 Å². The van der Waals surface area contributed by atoms with Crippen molar-refractivity contribution in [1.29, 1.82) is 0 Å². The minimum absolute atomic E-state index is 0.826. The lowest BCUT2D eigenvalue weighted by atomic mass is 10.1. The summed E-state index contributed by atoms with van der Waals surface area (Å²) in [5, 5.41) is 3.40. The third kappa shape index (κ3) is 3.73. The molecule has 20 heavy (non-hydrogen) atoms. The highest BCUT2D eigenvalue weighted by Crippen LogP contribution is 2.14. The van der Waals surface area contributed by atoms with Gasteiger partial charge in [-0.2, -0.15) is 0 Å². The fraction of sp³-hybridized carbons (Fsp3) is 0.353. The molecule has 3 heteroatoms. The molecule has 1 aromatic heterocycles. The number of nitrogens with zero attached hydrogens (tertiary/aromatic N) is 2. The van der Waals surface area contributed by atoms with Crippen molar-refractivity contribution in [2.45, 2.75) is 27.3 Å². The minimum Gasteiger partial charge on any atom is -0.380 e. The second-order valence-electron chi connectivity index (χ2n) is 4.92. The highest BCUT2D eigenvalue weighted by molar-refractivity contribution is 5.48. The smallest absolute Gasteiger partial charge is 0.128 e. The Morgan fingerprint density at radius 3 is 2.25 bits per heavy atom. The number of aryl methyl sites for hydroxylation is 1. The van der Waals surface area contributed by atoms with Gasteiger partial charge < -0.3 is 10.2 Å². The molecule has 0 amide bonds. The van der Waals surface area contributed by atoms with Gasteiger partial charge in [0.05, 0.1) is 11.9 Å². The molecule has 2 aromatic rings. The maximum absolute atomic E-state index is 4.51. The zero-order chi connectivity index (χ0) is 14.4. The third-order valence-electron chi connectivity index (χ3n) is 3.45. The Balaban J connectivity index is 1.95. The summed E-state index contributed by atoms with van der Waals surface area (Å²) >= 11 is 0. The van der Waals surface area contributed by atoms with Gasteiger partial charge in [-0.05, 0) is 38.5 Å². The first-order chi connectivity index (χ1) is 9.72. The summed E-state index contributed by atoms with van der Waals surface area (Å²) in [4.78, 5) is 6.75. The van der Waals surface area contributed by atoms with Gasteiger partial charge in [0.25, 0.3) is 0 Å². The molecule has 2 rings (SSSR count). The second-order valence-corrected chi connectivity index (χ2v) is 4.92. The van der Waals surface area contributed by atoms with Crippen molar-refractivity contribution < 1.29 is 0 Å². The van der Waals surface area contributed by atoms with Gasteiger partial charge in [0.1, 0.15) is 5.82 Å². The quantitative estimate of drug-likeness (QED) is 0.863. The number of anilines is 2. The van der Waals surface area contributed by atoms with Crippen molar-refractivity contribution in [3.05, 3.63) is 53.7 Å². The molecule has 1 heterocycles. The molecular weight excluding hydrogens is 246 g/mol.